The van der Waals surface area contributed by atoms with Gasteiger partial charge in [-0.15, -0.1) is 0 Å². The Hall–Kier alpha value is -2.02. The Morgan fingerprint density at radius 1 is 1.32 bits per heavy atom. The summed E-state index contributed by atoms with van der Waals surface area (Å²) < 4.78 is 0. The lowest BCUT2D eigenvalue weighted by Crippen LogP contribution is -2.12. The molecule has 3 N–H and O–H groups in total. The van der Waals surface area contributed by atoms with Crippen molar-refractivity contribution < 1.29 is 4.79 Å². The number of nitrogens with two attached hydrogens (primary N) is 1. The Kier molecular flexibility index (Phi) is 6.45. The van der Waals surface area contributed by atoms with Crippen LogP contribution in [0.4, 0.5) is 11.4 Å². The molecule has 0 aliphatic heterocycles. The van der Waals surface area contributed by atoms with Crippen molar-refractivity contribution in [3.05, 3.63) is 23.8 Å². The summed E-state index contributed by atoms with van der Waals surface area (Å²) in [7, 11) is 0. The Bertz CT molecular complexity index is 463. The molecule has 0 aliphatic carbocycles. The highest BCUT2D eigenvalue weighted by Crippen LogP contribution is 2.20. The molecule has 0 atom stereocenters. The van der Waals surface area contributed by atoms with Crippen molar-refractivity contribution in [2.45, 2.75) is 45.4 Å². The van der Waals surface area contributed by atoms with Gasteiger partial charge in [-0.1, -0.05) is 32.6 Å². The number of nitrogens with one attached hydrogen (secondary N) is 1. The number of nitriles is 1. The lowest BCUT2D eigenvalue weighted by atomic mass is 10.1. The summed E-state index contributed by atoms with van der Waals surface area (Å²) in [4.78, 5) is 11.7. The number of nitrogens with zero attached hydrogens (tertiary/aromatic N) is 1. The molecule has 4 nitrogen and oxygen atoms in total. The fourth-order valence-electron chi connectivity index (χ4n) is 1.85. The van der Waals surface area contributed by atoms with E-state index in [4.69, 9.17) is 11.0 Å². The number of carbonyl (C=O) groups is 1. The van der Waals surface area contributed by atoms with Gasteiger partial charge in [0.05, 0.1) is 23.0 Å². The zero-order chi connectivity index (χ0) is 14.1. The van der Waals surface area contributed by atoms with E-state index >= 15 is 0 Å². The Morgan fingerprint density at radius 2 is 2.05 bits per heavy atom. The van der Waals surface area contributed by atoms with Gasteiger partial charge in [-0.2, -0.15) is 5.26 Å². The molecule has 0 radical (unpaired) electrons. The van der Waals surface area contributed by atoms with Gasteiger partial charge in [0.1, 0.15) is 0 Å². The minimum absolute atomic E-state index is 0.0205. The van der Waals surface area contributed by atoms with Gasteiger partial charge in [0.2, 0.25) is 5.91 Å². The second-order valence-corrected chi connectivity index (χ2v) is 4.63. The predicted molar refractivity (Wildman–Crippen MR) is 77.6 cm³/mol. The van der Waals surface area contributed by atoms with Crippen molar-refractivity contribution in [2.75, 3.05) is 11.1 Å². The summed E-state index contributed by atoms with van der Waals surface area (Å²) in [6.07, 6.45) is 6.12. The van der Waals surface area contributed by atoms with Gasteiger partial charge in [-0.05, 0) is 24.6 Å². The summed E-state index contributed by atoms with van der Waals surface area (Å²) in [5.74, 6) is -0.0205. The molecule has 102 valence electrons. The molecular weight excluding hydrogens is 238 g/mol. The van der Waals surface area contributed by atoms with Crippen LogP contribution in [-0.2, 0) is 4.79 Å². The third kappa shape index (κ3) is 5.43. The second kappa shape index (κ2) is 8.15. The van der Waals surface area contributed by atoms with Crippen LogP contribution in [-0.4, -0.2) is 5.91 Å². The molecule has 1 amide bonds. The summed E-state index contributed by atoms with van der Waals surface area (Å²) in [5, 5.41) is 11.5. The summed E-state index contributed by atoms with van der Waals surface area (Å²) in [5.41, 5.74) is 7.28. The van der Waals surface area contributed by atoms with Gasteiger partial charge in [0.25, 0.3) is 0 Å². The van der Waals surface area contributed by atoms with E-state index in [1.165, 1.54) is 19.3 Å². The Balaban J connectivity index is 2.38. The standard InChI is InChI=1S/C15H21N3O/c1-2-3-4-5-6-7-15(19)18-14-9-8-12(11-16)10-13(14)17/h8-10H,2-7,17H2,1H3,(H,18,19). The van der Waals surface area contributed by atoms with Crippen LogP contribution in [0.2, 0.25) is 0 Å². The highest BCUT2D eigenvalue weighted by molar-refractivity contribution is 5.93. The van der Waals surface area contributed by atoms with Crippen molar-refractivity contribution in [3.63, 3.8) is 0 Å². The SMILES string of the molecule is CCCCCCCC(=O)Nc1ccc(C#N)cc1N. The average molecular weight is 259 g/mol. The second-order valence-electron chi connectivity index (χ2n) is 4.63. The molecule has 0 fully saturated rings. The van der Waals surface area contributed by atoms with E-state index in [0.29, 0.717) is 23.4 Å². The summed E-state index contributed by atoms with van der Waals surface area (Å²) >= 11 is 0. The quantitative estimate of drug-likeness (QED) is 0.581. The van der Waals surface area contributed by atoms with Gasteiger partial charge in [-0.3, -0.25) is 4.79 Å². The monoisotopic (exact) mass is 259 g/mol. The lowest BCUT2D eigenvalue weighted by molar-refractivity contribution is -0.116. The number of hydrogen-bond acceptors (Lipinski definition) is 3. The van der Waals surface area contributed by atoms with Gasteiger partial charge in [0.15, 0.2) is 0 Å². The first-order valence-corrected chi connectivity index (χ1v) is 6.77. The van der Waals surface area contributed by atoms with E-state index in [9.17, 15) is 4.79 Å². The molecule has 0 unspecified atom stereocenters. The molecule has 1 aromatic carbocycles. The van der Waals surface area contributed by atoms with Crippen molar-refractivity contribution >= 4 is 17.3 Å². The fourth-order valence-corrected chi connectivity index (χ4v) is 1.85. The summed E-state index contributed by atoms with van der Waals surface area (Å²) in [6, 6.07) is 6.89. The van der Waals surface area contributed by atoms with Crippen molar-refractivity contribution in [1.29, 1.82) is 5.26 Å². The van der Waals surface area contributed by atoms with E-state index in [2.05, 4.69) is 12.2 Å². The number of anilines is 2. The van der Waals surface area contributed by atoms with Crippen molar-refractivity contribution in [1.82, 2.24) is 0 Å². The van der Waals surface area contributed by atoms with E-state index in [0.717, 1.165) is 12.8 Å². The molecule has 19 heavy (non-hydrogen) atoms. The van der Waals surface area contributed by atoms with Crippen molar-refractivity contribution in [3.8, 4) is 6.07 Å². The molecule has 0 aliphatic rings. The molecule has 0 saturated carbocycles. The minimum atomic E-state index is -0.0205. The third-order valence-corrected chi connectivity index (χ3v) is 2.96. The number of rotatable bonds is 7. The van der Waals surface area contributed by atoms with Crippen LogP contribution in [0, 0.1) is 11.3 Å². The normalized spacial score (nSPS) is 9.89. The first-order chi connectivity index (χ1) is 9.17. The number of benzene rings is 1. The maximum absolute atomic E-state index is 11.7. The van der Waals surface area contributed by atoms with Crippen LogP contribution in [0.5, 0.6) is 0 Å². The van der Waals surface area contributed by atoms with E-state index in [1.54, 1.807) is 18.2 Å². The Morgan fingerprint density at radius 3 is 2.68 bits per heavy atom. The minimum Gasteiger partial charge on any atom is -0.397 e. The number of unbranched alkanes of at least 4 members (excludes halogenated alkanes) is 4. The molecule has 0 spiro atoms. The third-order valence-electron chi connectivity index (χ3n) is 2.96. The molecule has 0 bridgehead atoms. The number of carbonyl (C=O) groups excluding carboxylic acids is 1. The summed E-state index contributed by atoms with van der Waals surface area (Å²) in [6.45, 7) is 2.17. The Labute approximate surface area is 114 Å². The van der Waals surface area contributed by atoms with Crippen LogP contribution < -0.4 is 11.1 Å². The topological polar surface area (TPSA) is 78.9 Å². The number of amides is 1. The lowest BCUT2D eigenvalue weighted by Gasteiger charge is -2.08. The number of nitrogen functional groups attached to an aromatic ring is 1. The number of hydrogen-bond donors (Lipinski definition) is 2. The first kappa shape index (κ1) is 15.0. The van der Waals surface area contributed by atoms with Crippen LogP contribution >= 0.6 is 0 Å². The van der Waals surface area contributed by atoms with Crippen LogP contribution in [0.25, 0.3) is 0 Å². The van der Waals surface area contributed by atoms with Crippen LogP contribution in [0.15, 0.2) is 18.2 Å². The maximum atomic E-state index is 11.7. The maximum Gasteiger partial charge on any atom is 0.224 e. The van der Waals surface area contributed by atoms with Gasteiger partial charge in [0, 0.05) is 6.42 Å². The predicted octanol–water partition coefficient (Wildman–Crippen LogP) is 3.44. The van der Waals surface area contributed by atoms with Crippen LogP contribution in [0.3, 0.4) is 0 Å². The molecule has 4 heteroatoms. The van der Waals surface area contributed by atoms with Gasteiger partial charge >= 0.3 is 0 Å². The van der Waals surface area contributed by atoms with Gasteiger partial charge < -0.3 is 11.1 Å². The van der Waals surface area contributed by atoms with E-state index < -0.39 is 0 Å². The zero-order valence-electron chi connectivity index (χ0n) is 11.4. The molecular formula is C15H21N3O. The smallest absolute Gasteiger partial charge is 0.224 e. The average Bonchev–Trinajstić information content (AvgIpc) is 2.41. The van der Waals surface area contributed by atoms with Gasteiger partial charge in [-0.25, -0.2) is 0 Å². The van der Waals surface area contributed by atoms with E-state index in [-0.39, 0.29) is 5.91 Å². The van der Waals surface area contributed by atoms with Crippen molar-refractivity contribution in [2.24, 2.45) is 0 Å². The molecule has 1 aromatic rings. The largest absolute Gasteiger partial charge is 0.397 e. The highest BCUT2D eigenvalue weighted by Gasteiger charge is 2.05. The first-order valence-electron chi connectivity index (χ1n) is 6.77. The fraction of sp³-hybridized carbons (Fsp3) is 0.467. The zero-order valence-corrected chi connectivity index (χ0v) is 11.4. The van der Waals surface area contributed by atoms with Crippen LogP contribution in [0.1, 0.15) is 51.0 Å². The molecule has 0 saturated heterocycles. The molecule has 0 heterocycles. The highest BCUT2D eigenvalue weighted by atomic mass is 16.1. The molecule has 1 rings (SSSR count). The molecule has 0 aromatic heterocycles. The van der Waals surface area contributed by atoms with E-state index in [1.807, 2.05) is 6.07 Å².